The fraction of sp³-hybridized carbons (Fsp3) is 0.143. The maximum atomic E-state index is 10.8. The van der Waals surface area contributed by atoms with Gasteiger partial charge in [-0.1, -0.05) is 0 Å². The van der Waals surface area contributed by atoms with E-state index in [1.54, 1.807) is 0 Å². The molecule has 0 aliphatic rings. The molecule has 1 aromatic rings. The summed E-state index contributed by atoms with van der Waals surface area (Å²) in [7, 11) is -3.77. The molecule has 1 aromatic heterocycles. The molecule has 0 aromatic carbocycles. The second-order valence-electron chi connectivity index (χ2n) is 2.51. The predicted octanol–water partition coefficient (Wildman–Crippen LogP) is -0.0684. The predicted molar refractivity (Wildman–Crippen MR) is 45.6 cm³/mol. The number of ketones is 1. The summed E-state index contributed by atoms with van der Waals surface area (Å²) in [6, 6.07) is 1.20. The van der Waals surface area contributed by atoms with E-state index < -0.39 is 10.0 Å². The van der Waals surface area contributed by atoms with Gasteiger partial charge in [0.2, 0.25) is 10.0 Å². The first-order valence-corrected chi connectivity index (χ1v) is 4.94. The Hall–Kier alpha value is -1.27. The zero-order valence-electron chi connectivity index (χ0n) is 6.89. The van der Waals surface area contributed by atoms with Crippen LogP contribution in [0.25, 0.3) is 0 Å². The van der Waals surface area contributed by atoms with Crippen LogP contribution in [0, 0.1) is 0 Å². The number of aromatic nitrogens is 1. The van der Waals surface area contributed by atoms with Crippen molar-refractivity contribution >= 4 is 15.8 Å². The van der Waals surface area contributed by atoms with Crippen LogP contribution in [0.5, 0.6) is 0 Å². The van der Waals surface area contributed by atoms with Crippen molar-refractivity contribution in [3.63, 3.8) is 0 Å². The summed E-state index contributed by atoms with van der Waals surface area (Å²) in [5.74, 6) is -0.252. The van der Waals surface area contributed by atoms with Crippen molar-refractivity contribution in [2.75, 3.05) is 0 Å². The third kappa shape index (κ3) is 2.33. The van der Waals surface area contributed by atoms with E-state index in [0.717, 1.165) is 6.20 Å². The maximum absolute atomic E-state index is 10.8. The molecule has 5 nitrogen and oxygen atoms in total. The summed E-state index contributed by atoms with van der Waals surface area (Å²) >= 11 is 0. The molecule has 70 valence electrons. The fourth-order valence-corrected chi connectivity index (χ4v) is 1.27. The highest BCUT2D eigenvalue weighted by molar-refractivity contribution is 7.89. The van der Waals surface area contributed by atoms with Gasteiger partial charge in [0.15, 0.2) is 5.78 Å². The first-order valence-electron chi connectivity index (χ1n) is 3.40. The number of nitrogens with zero attached hydrogens (tertiary/aromatic N) is 1. The molecule has 1 heterocycles. The standard InChI is InChI=1S/C7H8N2O3S/c1-5(10)6-2-7(4-9-3-6)13(8,11)12/h2-4H,1H3,(H2,8,11,12). The number of primary sulfonamides is 1. The van der Waals surface area contributed by atoms with E-state index in [-0.39, 0.29) is 16.2 Å². The monoisotopic (exact) mass is 200 g/mol. The van der Waals surface area contributed by atoms with Gasteiger partial charge in [0.1, 0.15) is 4.90 Å². The van der Waals surface area contributed by atoms with Crippen LogP contribution in [0.2, 0.25) is 0 Å². The lowest BCUT2D eigenvalue weighted by Crippen LogP contribution is -2.13. The van der Waals surface area contributed by atoms with Gasteiger partial charge in [0.25, 0.3) is 0 Å². The Morgan fingerprint density at radius 3 is 2.54 bits per heavy atom. The average molecular weight is 200 g/mol. The van der Waals surface area contributed by atoms with Crippen LogP contribution in [-0.2, 0) is 10.0 Å². The van der Waals surface area contributed by atoms with E-state index in [1.807, 2.05) is 0 Å². The first kappa shape index (κ1) is 9.82. The molecule has 0 saturated carbocycles. The molecular formula is C7H8N2O3S. The van der Waals surface area contributed by atoms with E-state index in [2.05, 4.69) is 4.98 Å². The molecule has 0 amide bonds. The van der Waals surface area contributed by atoms with Gasteiger partial charge >= 0.3 is 0 Å². The molecule has 13 heavy (non-hydrogen) atoms. The molecule has 0 spiro atoms. The average Bonchev–Trinajstić information content (AvgIpc) is 2.03. The smallest absolute Gasteiger partial charge is 0.239 e. The topological polar surface area (TPSA) is 90.1 Å². The van der Waals surface area contributed by atoms with Gasteiger partial charge in [-0.3, -0.25) is 9.78 Å². The zero-order valence-corrected chi connectivity index (χ0v) is 7.71. The normalized spacial score (nSPS) is 11.2. The first-order chi connectivity index (χ1) is 5.91. The Morgan fingerprint density at radius 1 is 1.46 bits per heavy atom. The number of rotatable bonds is 2. The van der Waals surface area contributed by atoms with Gasteiger partial charge in [-0.15, -0.1) is 0 Å². The van der Waals surface area contributed by atoms with Crippen LogP contribution >= 0.6 is 0 Å². The van der Waals surface area contributed by atoms with Gasteiger partial charge in [-0.05, 0) is 13.0 Å². The van der Waals surface area contributed by atoms with Crippen molar-refractivity contribution in [3.8, 4) is 0 Å². The largest absolute Gasteiger partial charge is 0.294 e. The minimum Gasteiger partial charge on any atom is -0.294 e. The van der Waals surface area contributed by atoms with Crippen LogP contribution in [0.1, 0.15) is 17.3 Å². The number of pyridine rings is 1. The Morgan fingerprint density at radius 2 is 2.08 bits per heavy atom. The second-order valence-corrected chi connectivity index (χ2v) is 4.07. The van der Waals surface area contributed by atoms with E-state index in [0.29, 0.717) is 0 Å². The molecule has 1 rings (SSSR count). The minimum absolute atomic E-state index is 0.153. The third-order valence-electron chi connectivity index (χ3n) is 1.45. The van der Waals surface area contributed by atoms with Crippen LogP contribution in [0.3, 0.4) is 0 Å². The van der Waals surface area contributed by atoms with Crippen molar-refractivity contribution in [2.45, 2.75) is 11.8 Å². The molecule has 0 atom stereocenters. The van der Waals surface area contributed by atoms with Crippen molar-refractivity contribution in [1.82, 2.24) is 4.98 Å². The summed E-state index contributed by atoms with van der Waals surface area (Å²) in [6.07, 6.45) is 2.39. The molecule has 0 unspecified atom stereocenters. The quantitative estimate of drug-likeness (QED) is 0.676. The van der Waals surface area contributed by atoms with Crippen molar-refractivity contribution in [2.24, 2.45) is 5.14 Å². The van der Waals surface area contributed by atoms with Crippen LogP contribution in [0.15, 0.2) is 23.4 Å². The molecule has 0 aliphatic heterocycles. The Kier molecular flexibility index (Phi) is 2.44. The highest BCUT2D eigenvalue weighted by Gasteiger charge is 2.10. The lowest BCUT2D eigenvalue weighted by molar-refractivity contribution is 0.101. The SMILES string of the molecule is CC(=O)c1cncc(S(N)(=O)=O)c1. The van der Waals surface area contributed by atoms with Gasteiger partial charge < -0.3 is 0 Å². The number of Topliss-reactive ketones (excluding diaryl/α,β-unsaturated/α-hetero) is 1. The van der Waals surface area contributed by atoms with Crippen molar-refractivity contribution in [1.29, 1.82) is 0 Å². The van der Waals surface area contributed by atoms with Gasteiger partial charge in [0, 0.05) is 18.0 Å². The molecule has 0 radical (unpaired) electrons. The lowest BCUT2D eigenvalue weighted by Gasteiger charge is -1.98. The van der Waals surface area contributed by atoms with E-state index >= 15 is 0 Å². The number of carbonyl (C=O) groups excluding carboxylic acids is 1. The van der Waals surface area contributed by atoms with E-state index in [1.165, 1.54) is 19.2 Å². The molecular weight excluding hydrogens is 192 g/mol. The van der Waals surface area contributed by atoms with Crippen LogP contribution < -0.4 is 5.14 Å². The Labute approximate surface area is 75.6 Å². The fourth-order valence-electron chi connectivity index (χ4n) is 0.767. The number of nitrogens with two attached hydrogens (primary N) is 1. The van der Waals surface area contributed by atoms with Crippen molar-refractivity contribution < 1.29 is 13.2 Å². The molecule has 2 N–H and O–H groups in total. The summed E-state index contributed by atoms with van der Waals surface area (Å²) in [5, 5.41) is 4.85. The van der Waals surface area contributed by atoms with Gasteiger partial charge in [0.05, 0.1) is 0 Å². The summed E-state index contributed by atoms with van der Waals surface area (Å²) in [5.41, 5.74) is 0.228. The summed E-state index contributed by atoms with van der Waals surface area (Å²) in [4.78, 5) is 14.3. The van der Waals surface area contributed by atoms with E-state index in [4.69, 9.17) is 5.14 Å². The molecule has 0 saturated heterocycles. The molecule has 0 aliphatic carbocycles. The van der Waals surface area contributed by atoms with E-state index in [9.17, 15) is 13.2 Å². The summed E-state index contributed by atoms with van der Waals surface area (Å²) < 4.78 is 21.7. The van der Waals surface area contributed by atoms with Gasteiger partial charge in [-0.25, -0.2) is 13.6 Å². The molecule has 0 fully saturated rings. The number of hydrogen-bond acceptors (Lipinski definition) is 4. The highest BCUT2D eigenvalue weighted by atomic mass is 32.2. The summed E-state index contributed by atoms with van der Waals surface area (Å²) in [6.45, 7) is 1.32. The Bertz CT molecular complexity index is 439. The second kappa shape index (κ2) is 3.23. The zero-order chi connectivity index (χ0) is 10.1. The van der Waals surface area contributed by atoms with Crippen LogP contribution in [-0.4, -0.2) is 19.2 Å². The number of hydrogen-bond donors (Lipinski definition) is 1. The maximum Gasteiger partial charge on any atom is 0.239 e. The lowest BCUT2D eigenvalue weighted by atomic mass is 10.2. The minimum atomic E-state index is -3.77. The number of carbonyl (C=O) groups is 1. The van der Waals surface area contributed by atoms with Crippen LogP contribution in [0.4, 0.5) is 0 Å². The highest BCUT2D eigenvalue weighted by Crippen LogP contribution is 2.07. The molecule has 6 heteroatoms. The number of sulfonamides is 1. The Balaban J connectivity index is 3.29. The third-order valence-corrected chi connectivity index (χ3v) is 2.33. The molecule has 0 bridgehead atoms. The van der Waals surface area contributed by atoms with Gasteiger partial charge in [-0.2, -0.15) is 0 Å². The van der Waals surface area contributed by atoms with Crippen molar-refractivity contribution in [3.05, 3.63) is 24.0 Å².